The van der Waals surface area contributed by atoms with Crippen molar-refractivity contribution in [2.45, 2.75) is 71.3 Å². The first kappa shape index (κ1) is 14.6. The van der Waals surface area contributed by atoms with Gasteiger partial charge in [0.15, 0.2) is 0 Å². The van der Waals surface area contributed by atoms with E-state index in [-0.39, 0.29) is 11.5 Å². The molecule has 0 radical (unpaired) electrons. The molecule has 1 atom stereocenters. The fourth-order valence-electron chi connectivity index (χ4n) is 3.12. The third-order valence-electron chi connectivity index (χ3n) is 4.20. The molecule has 1 aromatic rings. The topological polar surface area (TPSA) is 20.2 Å². The van der Waals surface area contributed by atoms with Crippen LogP contribution in [0.25, 0.3) is 0 Å². The highest BCUT2D eigenvalue weighted by atomic mass is 16.3. The second kappa shape index (κ2) is 6.09. The summed E-state index contributed by atoms with van der Waals surface area (Å²) >= 11 is 0. The van der Waals surface area contributed by atoms with E-state index in [0.717, 1.165) is 17.9 Å². The van der Waals surface area contributed by atoms with Crippen molar-refractivity contribution in [1.82, 2.24) is 0 Å². The second-order valence-corrected chi connectivity index (χ2v) is 7.28. The molecule has 0 saturated heterocycles. The fourth-order valence-corrected chi connectivity index (χ4v) is 3.12. The van der Waals surface area contributed by atoms with Gasteiger partial charge in [-0.05, 0) is 41.7 Å². The minimum atomic E-state index is -0.333. The van der Waals surface area contributed by atoms with Gasteiger partial charge < -0.3 is 5.11 Å². The van der Waals surface area contributed by atoms with Crippen LogP contribution in [0.3, 0.4) is 0 Å². The highest BCUT2D eigenvalue weighted by Crippen LogP contribution is 2.34. The van der Waals surface area contributed by atoms with Crippen molar-refractivity contribution in [2.24, 2.45) is 5.41 Å². The number of aliphatic hydroxyl groups excluding tert-OH is 1. The molecular formula is C18H28O. The number of hydrogen-bond acceptors (Lipinski definition) is 1. The molecule has 1 N–H and O–H groups in total. The maximum atomic E-state index is 10.3. The molecule has 1 heteroatoms. The van der Waals surface area contributed by atoms with E-state index < -0.39 is 0 Å². The molecule has 1 aromatic carbocycles. The van der Waals surface area contributed by atoms with Crippen LogP contribution in [0.4, 0.5) is 0 Å². The molecule has 106 valence electrons. The summed E-state index contributed by atoms with van der Waals surface area (Å²) in [5.74, 6) is 0.752. The lowest BCUT2D eigenvalue weighted by atomic mass is 9.83. The van der Waals surface area contributed by atoms with Crippen molar-refractivity contribution in [3.63, 3.8) is 0 Å². The van der Waals surface area contributed by atoms with Crippen LogP contribution in [0.15, 0.2) is 24.3 Å². The first-order valence-electron chi connectivity index (χ1n) is 7.74. The van der Waals surface area contributed by atoms with Crippen LogP contribution in [0.2, 0.25) is 0 Å². The molecule has 0 aromatic heterocycles. The largest absolute Gasteiger partial charge is 0.388 e. The predicted molar refractivity (Wildman–Crippen MR) is 81.3 cm³/mol. The van der Waals surface area contributed by atoms with Gasteiger partial charge in [0, 0.05) is 0 Å². The summed E-state index contributed by atoms with van der Waals surface area (Å²) in [7, 11) is 0. The predicted octanol–water partition coefficient (Wildman–Crippen LogP) is 5.20. The number of benzene rings is 1. The van der Waals surface area contributed by atoms with E-state index in [4.69, 9.17) is 0 Å². The summed E-state index contributed by atoms with van der Waals surface area (Å²) < 4.78 is 0. The van der Waals surface area contributed by atoms with Gasteiger partial charge in [-0.25, -0.2) is 0 Å². The van der Waals surface area contributed by atoms with Crippen molar-refractivity contribution in [1.29, 1.82) is 0 Å². The highest BCUT2D eigenvalue weighted by molar-refractivity contribution is 5.27. The smallest absolute Gasteiger partial charge is 0.0795 e. The summed E-state index contributed by atoms with van der Waals surface area (Å²) in [6.07, 6.45) is 7.31. The van der Waals surface area contributed by atoms with Gasteiger partial charge in [0.2, 0.25) is 0 Å². The van der Waals surface area contributed by atoms with Crippen molar-refractivity contribution in [3.05, 3.63) is 35.4 Å². The van der Waals surface area contributed by atoms with Crippen molar-refractivity contribution < 1.29 is 5.11 Å². The Morgan fingerprint density at radius 2 is 1.63 bits per heavy atom. The normalized spacial score (nSPS) is 19.4. The molecule has 0 amide bonds. The molecule has 0 spiro atoms. The Bertz CT molecular complexity index is 379. The van der Waals surface area contributed by atoms with Crippen LogP contribution < -0.4 is 0 Å². The van der Waals surface area contributed by atoms with Crippen LogP contribution >= 0.6 is 0 Å². The maximum absolute atomic E-state index is 10.3. The Labute approximate surface area is 118 Å². The summed E-state index contributed by atoms with van der Waals surface area (Å²) in [6, 6.07) is 8.72. The Morgan fingerprint density at radius 3 is 2.16 bits per heavy atom. The van der Waals surface area contributed by atoms with Crippen LogP contribution in [-0.2, 0) is 0 Å². The third-order valence-corrected chi connectivity index (χ3v) is 4.20. The van der Waals surface area contributed by atoms with Crippen LogP contribution in [0, 0.1) is 5.41 Å². The minimum Gasteiger partial charge on any atom is -0.388 e. The molecule has 0 heterocycles. The van der Waals surface area contributed by atoms with Gasteiger partial charge in [0.05, 0.1) is 6.10 Å². The molecular weight excluding hydrogens is 232 g/mol. The summed E-state index contributed by atoms with van der Waals surface area (Å²) in [5.41, 5.74) is 2.70. The standard InChI is InChI=1S/C18H28O/c1-18(2,3)13-17(19)16-11-9-15(10-12-16)14-7-5-4-6-8-14/h9-12,14,17,19H,4-8,13H2,1-3H3. The van der Waals surface area contributed by atoms with Gasteiger partial charge in [0.25, 0.3) is 0 Å². The van der Waals surface area contributed by atoms with Crippen LogP contribution in [-0.4, -0.2) is 5.11 Å². The Hall–Kier alpha value is -0.820. The fraction of sp³-hybridized carbons (Fsp3) is 0.667. The van der Waals surface area contributed by atoms with Crippen molar-refractivity contribution in [2.75, 3.05) is 0 Å². The van der Waals surface area contributed by atoms with Gasteiger partial charge in [-0.15, -0.1) is 0 Å². The minimum absolute atomic E-state index is 0.168. The van der Waals surface area contributed by atoms with E-state index in [0.29, 0.717) is 0 Å². The molecule has 1 aliphatic rings. The molecule has 2 rings (SSSR count). The first-order chi connectivity index (χ1) is 8.96. The Morgan fingerprint density at radius 1 is 1.05 bits per heavy atom. The first-order valence-corrected chi connectivity index (χ1v) is 7.74. The van der Waals surface area contributed by atoms with Crippen molar-refractivity contribution in [3.8, 4) is 0 Å². The molecule has 0 bridgehead atoms. The highest BCUT2D eigenvalue weighted by Gasteiger charge is 2.19. The molecule has 1 aliphatic carbocycles. The van der Waals surface area contributed by atoms with E-state index in [1.807, 2.05) is 0 Å². The summed E-state index contributed by atoms with van der Waals surface area (Å²) in [6.45, 7) is 6.52. The van der Waals surface area contributed by atoms with Gasteiger partial charge in [-0.2, -0.15) is 0 Å². The quantitative estimate of drug-likeness (QED) is 0.791. The SMILES string of the molecule is CC(C)(C)CC(O)c1ccc(C2CCCCC2)cc1. The Kier molecular flexibility index (Phi) is 4.67. The lowest BCUT2D eigenvalue weighted by Crippen LogP contribution is -2.12. The molecule has 1 nitrogen and oxygen atoms in total. The van der Waals surface area contributed by atoms with Gasteiger partial charge in [-0.1, -0.05) is 64.3 Å². The average Bonchev–Trinajstić information content (AvgIpc) is 2.38. The molecule has 1 unspecified atom stereocenters. The average molecular weight is 260 g/mol. The Balaban J connectivity index is 2.01. The van der Waals surface area contributed by atoms with E-state index in [1.54, 1.807) is 0 Å². The van der Waals surface area contributed by atoms with Crippen LogP contribution in [0.5, 0.6) is 0 Å². The maximum Gasteiger partial charge on any atom is 0.0795 e. The number of rotatable bonds is 3. The van der Waals surface area contributed by atoms with E-state index >= 15 is 0 Å². The van der Waals surface area contributed by atoms with E-state index in [9.17, 15) is 5.11 Å². The number of hydrogen-bond donors (Lipinski definition) is 1. The second-order valence-electron chi connectivity index (χ2n) is 7.28. The molecule has 19 heavy (non-hydrogen) atoms. The lowest BCUT2D eigenvalue weighted by Gasteiger charge is -2.24. The van der Waals surface area contributed by atoms with E-state index in [2.05, 4.69) is 45.0 Å². The summed E-state index contributed by atoms with van der Waals surface area (Å²) in [5, 5.41) is 10.3. The zero-order chi connectivity index (χ0) is 13.9. The zero-order valence-corrected chi connectivity index (χ0v) is 12.7. The lowest BCUT2D eigenvalue weighted by molar-refractivity contribution is 0.122. The monoisotopic (exact) mass is 260 g/mol. The van der Waals surface area contributed by atoms with Gasteiger partial charge in [0.1, 0.15) is 0 Å². The molecule has 1 saturated carbocycles. The van der Waals surface area contributed by atoms with Gasteiger partial charge >= 0.3 is 0 Å². The third kappa shape index (κ3) is 4.35. The van der Waals surface area contributed by atoms with Crippen LogP contribution in [0.1, 0.15) is 82.4 Å². The zero-order valence-electron chi connectivity index (χ0n) is 12.7. The molecule has 1 fully saturated rings. The van der Waals surface area contributed by atoms with Gasteiger partial charge in [-0.3, -0.25) is 0 Å². The van der Waals surface area contributed by atoms with Crippen molar-refractivity contribution >= 4 is 0 Å². The summed E-state index contributed by atoms with van der Waals surface area (Å²) in [4.78, 5) is 0. The van der Waals surface area contributed by atoms with E-state index in [1.165, 1.54) is 37.7 Å². The number of aliphatic hydroxyl groups is 1. The molecule has 0 aliphatic heterocycles.